The van der Waals surface area contributed by atoms with E-state index in [9.17, 15) is 0 Å². The molecular weight excluding hydrogens is 144 g/mol. The van der Waals surface area contributed by atoms with E-state index in [0.717, 1.165) is 6.42 Å². The summed E-state index contributed by atoms with van der Waals surface area (Å²) < 4.78 is 4.74. The molecule has 3 nitrogen and oxygen atoms in total. The zero-order chi connectivity index (χ0) is 8.69. The van der Waals surface area contributed by atoms with E-state index in [1.165, 1.54) is 0 Å². The van der Waals surface area contributed by atoms with Gasteiger partial charge in [0.1, 0.15) is 0 Å². The van der Waals surface area contributed by atoms with Crippen LogP contribution in [-0.4, -0.2) is 36.1 Å². The second-order valence-corrected chi connectivity index (χ2v) is 2.75. The second-order valence-electron chi connectivity index (χ2n) is 2.75. The molecule has 68 valence electrons. The maximum atomic E-state index is 9.16. The summed E-state index contributed by atoms with van der Waals surface area (Å²) in [6.07, 6.45) is 1.31. The minimum atomic E-state index is -0.429. The molecule has 0 radical (unpaired) electrons. The van der Waals surface area contributed by atoms with Crippen LogP contribution < -0.4 is 0 Å². The third-order valence-corrected chi connectivity index (χ3v) is 1.66. The smallest absolute Gasteiger partial charge is 0.0774 e. The summed E-state index contributed by atoms with van der Waals surface area (Å²) in [7, 11) is 1.56. The van der Waals surface area contributed by atoms with Gasteiger partial charge in [-0.3, -0.25) is 0 Å². The first-order valence-electron chi connectivity index (χ1n) is 4.05. The summed E-state index contributed by atoms with van der Waals surface area (Å²) in [6, 6.07) is 0. The summed E-state index contributed by atoms with van der Waals surface area (Å²) >= 11 is 0. The van der Waals surface area contributed by atoms with Crippen molar-refractivity contribution in [1.29, 1.82) is 0 Å². The molecule has 2 N–H and O–H groups in total. The third-order valence-electron chi connectivity index (χ3n) is 1.66. The highest BCUT2D eigenvalue weighted by Crippen LogP contribution is 2.04. The van der Waals surface area contributed by atoms with Crippen molar-refractivity contribution in [3.05, 3.63) is 0 Å². The van der Waals surface area contributed by atoms with Crippen LogP contribution >= 0.6 is 0 Å². The van der Waals surface area contributed by atoms with E-state index < -0.39 is 6.10 Å². The number of hydrogen-bond acceptors (Lipinski definition) is 3. The van der Waals surface area contributed by atoms with Crippen LogP contribution in [-0.2, 0) is 4.74 Å². The Kier molecular flexibility index (Phi) is 6.51. The number of aliphatic hydroxyl groups is 2. The standard InChI is InChI=1S/C8H18O3/c1-3-7(9)4-5-8(10)6-11-2/h7-10H,3-6H2,1-2H3. The molecule has 0 bridgehead atoms. The molecule has 0 spiro atoms. The Morgan fingerprint density at radius 3 is 2.18 bits per heavy atom. The van der Waals surface area contributed by atoms with Crippen LogP contribution in [0, 0.1) is 0 Å². The predicted molar refractivity (Wildman–Crippen MR) is 43.4 cm³/mol. The average molecular weight is 162 g/mol. The lowest BCUT2D eigenvalue weighted by Gasteiger charge is -2.11. The fraction of sp³-hybridized carbons (Fsp3) is 1.00. The van der Waals surface area contributed by atoms with Crippen molar-refractivity contribution in [1.82, 2.24) is 0 Å². The van der Waals surface area contributed by atoms with Crippen molar-refractivity contribution >= 4 is 0 Å². The van der Waals surface area contributed by atoms with Crippen LogP contribution in [0.3, 0.4) is 0 Å². The molecule has 2 atom stereocenters. The molecule has 0 aliphatic carbocycles. The molecule has 0 fully saturated rings. The number of hydrogen-bond donors (Lipinski definition) is 2. The number of methoxy groups -OCH3 is 1. The van der Waals surface area contributed by atoms with Gasteiger partial charge in [0.2, 0.25) is 0 Å². The van der Waals surface area contributed by atoms with E-state index in [1.807, 2.05) is 6.92 Å². The second kappa shape index (κ2) is 6.58. The van der Waals surface area contributed by atoms with Gasteiger partial charge >= 0.3 is 0 Å². The lowest BCUT2D eigenvalue weighted by Crippen LogP contribution is -2.17. The Bertz CT molecular complexity index is 85.4. The molecule has 0 saturated carbocycles. The van der Waals surface area contributed by atoms with Gasteiger partial charge in [-0.15, -0.1) is 0 Å². The monoisotopic (exact) mass is 162 g/mol. The van der Waals surface area contributed by atoms with Gasteiger partial charge in [0.15, 0.2) is 0 Å². The largest absolute Gasteiger partial charge is 0.393 e. The molecule has 3 heteroatoms. The number of aliphatic hydroxyl groups excluding tert-OH is 2. The molecular formula is C8H18O3. The van der Waals surface area contributed by atoms with Gasteiger partial charge in [-0.05, 0) is 19.3 Å². The maximum absolute atomic E-state index is 9.16. The maximum Gasteiger partial charge on any atom is 0.0774 e. The molecule has 0 amide bonds. The molecule has 0 heterocycles. The Morgan fingerprint density at radius 2 is 1.73 bits per heavy atom. The van der Waals surface area contributed by atoms with Crippen molar-refractivity contribution in [3.8, 4) is 0 Å². The van der Waals surface area contributed by atoms with Gasteiger partial charge in [0, 0.05) is 7.11 Å². The fourth-order valence-corrected chi connectivity index (χ4v) is 0.865. The third kappa shape index (κ3) is 6.28. The topological polar surface area (TPSA) is 49.7 Å². The summed E-state index contributed by atoms with van der Waals surface area (Å²) in [5, 5.41) is 18.3. The molecule has 2 unspecified atom stereocenters. The highest BCUT2D eigenvalue weighted by Gasteiger charge is 2.06. The molecule has 11 heavy (non-hydrogen) atoms. The van der Waals surface area contributed by atoms with E-state index in [2.05, 4.69) is 0 Å². The Balaban J connectivity index is 3.22. The lowest BCUT2D eigenvalue weighted by atomic mass is 10.1. The molecule has 0 aromatic carbocycles. The van der Waals surface area contributed by atoms with Crippen molar-refractivity contribution in [2.75, 3.05) is 13.7 Å². The van der Waals surface area contributed by atoms with Crippen LogP contribution in [0.4, 0.5) is 0 Å². The van der Waals surface area contributed by atoms with Crippen molar-refractivity contribution in [2.24, 2.45) is 0 Å². The summed E-state index contributed by atoms with van der Waals surface area (Å²) in [5.41, 5.74) is 0. The fourth-order valence-electron chi connectivity index (χ4n) is 0.865. The van der Waals surface area contributed by atoms with E-state index in [-0.39, 0.29) is 6.10 Å². The van der Waals surface area contributed by atoms with Crippen LogP contribution in [0.15, 0.2) is 0 Å². The van der Waals surface area contributed by atoms with Gasteiger partial charge in [0.25, 0.3) is 0 Å². The van der Waals surface area contributed by atoms with E-state index in [4.69, 9.17) is 14.9 Å². The number of rotatable bonds is 6. The van der Waals surface area contributed by atoms with E-state index in [0.29, 0.717) is 19.4 Å². The molecule has 0 rings (SSSR count). The predicted octanol–water partition coefficient (Wildman–Crippen LogP) is 0.545. The van der Waals surface area contributed by atoms with Crippen LogP contribution in [0.25, 0.3) is 0 Å². The SMILES string of the molecule is CCC(O)CCC(O)COC. The molecule has 0 aromatic heterocycles. The first-order chi connectivity index (χ1) is 5.20. The molecule has 0 aliphatic rings. The number of ether oxygens (including phenoxy) is 1. The van der Waals surface area contributed by atoms with Crippen LogP contribution in [0.2, 0.25) is 0 Å². The van der Waals surface area contributed by atoms with Gasteiger partial charge in [-0.1, -0.05) is 6.92 Å². The molecule has 0 aliphatic heterocycles. The Labute approximate surface area is 68.0 Å². The van der Waals surface area contributed by atoms with Crippen LogP contribution in [0.5, 0.6) is 0 Å². The molecule has 0 aromatic rings. The zero-order valence-corrected chi connectivity index (χ0v) is 7.29. The van der Waals surface area contributed by atoms with Gasteiger partial charge in [-0.2, -0.15) is 0 Å². The first-order valence-corrected chi connectivity index (χ1v) is 4.05. The summed E-state index contributed by atoms with van der Waals surface area (Å²) in [4.78, 5) is 0. The summed E-state index contributed by atoms with van der Waals surface area (Å²) in [6.45, 7) is 2.28. The van der Waals surface area contributed by atoms with Gasteiger partial charge < -0.3 is 14.9 Å². The molecule has 0 saturated heterocycles. The average Bonchev–Trinajstić information content (AvgIpc) is 2.01. The van der Waals surface area contributed by atoms with Crippen LogP contribution in [0.1, 0.15) is 26.2 Å². The van der Waals surface area contributed by atoms with Crippen molar-refractivity contribution in [3.63, 3.8) is 0 Å². The first kappa shape index (κ1) is 10.9. The van der Waals surface area contributed by atoms with Crippen molar-refractivity contribution in [2.45, 2.75) is 38.4 Å². The van der Waals surface area contributed by atoms with E-state index in [1.54, 1.807) is 7.11 Å². The lowest BCUT2D eigenvalue weighted by molar-refractivity contribution is 0.0458. The Hall–Kier alpha value is -0.120. The normalized spacial score (nSPS) is 16.4. The highest BCUT2D eigenvalue weighted by atomic mass is 16.5. The van der Waals surface area contributed by atoms with Gasteiger partial charge in [-0.25, -0.2) is 0 Å². The minimum absolute atomic E-state index is 0.276. The van der Waals surface area contributed by atoms with E-state index >= 15 is 0 Å². The van der Waals surface area contributed by atoms with Crippen molar-refractivity contribution < 1.29 is 14.9 Å². The van der Waals surface area contributed by atoms with Gasteiger partial charge in [0.05, 0.1) is 18.8 Å². The zero-order valence-electron chi connectivity index (χ0n) is 7.29. The Morgan fingerprint density at radius 1 is 1.18 bits per heavy atom. The minimum Gasteiger partial charge on any atom is -0.393 e. The quantitative estimate of drug-likeness (QED) is 0.599. The highest BCUT2D eigenvalue weighted by molar-refractivity contribution is 4.58. The summed E-state index contributed by atoms with van der Waals surface area (Å²) in [5.74, 6) is 0.